The average Bonchev–Trinajstić information content (AvgIpc) is 2.62. The second-order valence-electron chi connectivity index (χ2n) is 4.29. The summed E-state index contributed by atoms with van der Waals surface area (Å²) in [6, 6.07) is 4.32. The van der Waals surface area contributed by atoms with Gasteiger partial charge in [-0.2, -0.15) is 0 Å². The molecule has 2 rings (SSSR count). The maximum atomic E-state index is 6.26. The Kier molecular flexibility index (Phi) is 2.96. The van der Waals surface area contributed by atoms with Crippen molar-refractivity contribution in [2.75, 3.05) is 7.05 Å². The predicted molar refractivity (Wildman–Crippen MR) is 70.3 cm³/mol. The van der Waals surface area contributed by atoms with Crippen molar-refractivity contribution in [3.63, 3.8) is 0 Å². The standard InChI is InChI=1S/C13H17ClN2/c1-7-5-6-10(14)11-8(2)13(9(3)15-4)16-12(7)11/h5-6,9,15-16H,1-4H3. The molecule has 1 unspecified atom stereocenters. The molecule has 1 atom stereocenters. The third-order valence-electron chi connectivity index (χ3n) is 3.27. The number of aryl methyl sites for hydroxylation is 2. The van der Waals surface area contributed by atoms with Gasteiger partial charge in [0.25, 0.3) is 0 Å². The minimum absolute atomic E-state index is 0.308. The lowest BCUT2D eigenvalue weighted by Gasteiger charge is -2.09. The van der Waals surface area contributed by atoms with Crippen LogP contribution in [0.15, 0.2) is 12.1 Å². The Morgan fingerprint density at radius 3 is 2.56 bits per heavy atom. The van der Waals surface area contributed by atoms with Crippen molar-refractivity contribution in [1.82, 2.24) is 10.3 Å². The van der Waals surface area contributed by atoms with Gasteiger partial charge in [0.05, 0.1) is 10.5 Å². The van der Waals surface area contributed by atoms with Crippen LogP contribution in [0.4, 0.5) is 0 Å². The second kappa shape index (κ2) is 4.11. The van der Waals surface area contributed by atoms with E-state index in [1.807, 2.05) is 13.1 Å². The first-order valence-corrected chi connectivity index (χ1v) is 5.88. The van der Waals surface area contributed by atoms with Crippen molar-refractivity contribution >= 4 is 22.5 Å². The van der Waals surface area contributed by atoms with Crippen molar-refractivity contribution in [3.05, 3.63) is 34.0 Å². The highest BCUT2D eigenvalue weighted by Gasteiger charge is 2.15. The molecule has 0 saturated carbocycles. The number of H-pyrrole nitrogens is 1. The summed E-state index contributed by atoms with van der Waals surface area (Å²) in [6.07, 6.45) is 0. The Bertz CT molecular complexity index is 528. The molecule has 0 aliphatic carbocycles. The zero-order chi connectivity index (χ0) is 11.9. The van der Waals surface area contributed by atoms with Crippen molar-refractivity contribution in [3.8, 4) is 0 Å². The summed E-state index contributed by atoms with van der Waals surface area (Å²) in [5, 5.41) is 5.22. The number of rotatable bonds is 2. The lowest BCUT2D eigenvalue weighted by Crippen LogP contribution is -2.13. The molecule has 2 N–H and O–H groups in total. The molecular weight excluding hydrogens is 220 g/mol. The highest BCUT2D eigenvalue weighted by molar-refractivity contribution is 6.35. The van der Waals surface area contributed by atoms with Crippen LogP contribution in [0.1, 0.15) is 29.8 Å². The first-order chi connectivity index (χ1) is 7.56. The summed E-state index contributed by atoms with van der Waals surface area (Å²) in [5.74, 6) is 0. The van der Waals surface area contributed by atoms with E-state index in [1.54, 1.807) is 0 Å². The summed E-state index contributed by atoms with van der Waals surface area (Å²) in [5.41, 5.74) is 4.85. The zero-order valence-corrected chi connectivity index (χ0v) is 10.9. The number of hydrogen-bond acceptors (Lipinski definition) is 1. The summed E-state index contributed by atoms with van der Waals surface area (Å²) >= 11 is 6.26. The molecule has 0 spiro atoms. The van der Waals surface area contributed by atoms with Crippen LogP contribution in [0.5, 0.6) is 0 Å². The largest absolute Gasteiger partial charge is 0.357 e. The number of halogens is 1. The first kappa shape index (κ1) is 11.5. The summed E-state index contributed by atoms with van der Waals surface area (Å²) in [4.78, 5) is 3.48. The van der Waals surface area contributed by atoms with E-state index in [4.69, 9.17) is 11.6 Å². The van der Waals surface area contributed by atoms with Gasteiger partial charge >= 0.3 is 0 Å². The van der Waals surface area contributed by atoms with Gasteiger partial charge in [0.2, 0.25) is 0 Å². The highest BCUT2D eigenvalue weighted by Crippen LogP contribution is 2.33. The number of hydrogen-bond donors (Lipinski definition) is 2. The molecule has 1 aromatic heterocycles. The van der Waals surface area contributed by atoms with Crippen LogP contribution in [0.25, 0.3) is 10.9 Å². The number of fused-ring (bicyclic) bond motifs is 1. The number of nitrogens with one attached hydrogen (secondary N) is 2. The predicted octanol–water partition coefficient (Wildman–Crippen LogP) is 3.72. The van der Waals surface area contributed by atoms with E-state index < -0.39 is 0 Å². The quantitative estimate of drug-likeness (QED) is 0.817. The Balaban J connectivity index is 2.77. The topological polar surface area (TPSA) is 27.8 Å². The van der Waals surface area contributed by atoms with Gasteiger partial charge in [-0.1, -0.05) is 17.7 Å². The molecule has 2 nitrogen and oxygen atoms in total. The Labute approximate surface area is 101 Å². The fourth-order valence-electron chi connectivity index (χ4n) is 2.15. The van der Waals surface area contributed by atoms with Crippen LogP contribution < -0.4 is 5.32 Å². The van der Waals surface area contributed by atoms with Crippen molar-refractivity contribution in [1.29, 1.82) is 0 Å². The van der Waals surface area contributed by atoms with E-state index in [0.29, 0.717) is 6.04 Å². The Hall–Kier alpha value is -0.990. The number of benzene rings is 1. The van der Waals surface area contributed by atoms with Crippen LogP contribution in [0.3, 0.4) is 0 Å². The second-order valence-corrected chi connectivity index (χ2v) is 4.70. The zero-order valence-electron chi connectivity index (χ0n) is 10.1. The summed E-state index contributed by atoms with van der Waals surface area (Å²) < 4.78 is 0. The van der Waals surface area contributed by atoms with E-state index in [2.05, 4.69) is 37.1 Å². The van der Waals surface area contributed by atoms with Gasteiger partial charge in [0, 0.05) is 17.1 Å². The summed E-state index contributed by atoms with van der Waals surface area (Å²) in [6.45, 7) is 6.36. The van der Waals surface area contributed by atoms with Crippen molar-refractivity contribution in [2.24, 2.45) is 0 Å². The van der Waals surface area contributed by atoms with E-state index in [0.717, 1.165) is 15.9 Å². The molecule has 0 amide bonds. The maximum Gasteiger partial charge on any atom is 0.0504 e. The lowest BCUT2D eigenvalue weighted by atomic mass is 10.1. The van der Waals surface area contributed by atoms with Gasteiger partial charge in [-0.25, -0.2) is 0 Å². The van der Waals surface area contributed by atoms with E-state index in [1.165, 1.54) is 16.8 Å². The lowest BCUT2D eigenvalue weighted by molar-refractivity contribution is 0.634. The molecule has 16 heavy (non-hydrogen) atoms. The van der Waals surface area contributed by atoms with Crippen molar-refractivity contribution in [2.45, 2.75) is 26.8 Å². The molecule has 1 aromatic carbocycles. The fourth-order valence-corrected chi connectivity index (χ4v) is 2.45. The normalized spacial score (nSPS) is 13.3. The third kappa shape index (κ3) is 1.62. The molecule has 0 saturated heterocycles. The van der Waals surface area contributed by atoms with Gasteiger partial charge in [-0.3, -0.25) is 0 Å². The number of aromatic nitrogens is 1. The molecule has 0 aliphatic rings. The van der Waals surface area contributed by atoms with Gasteiger partial charge in [0.15, 0.2) is 0 Å². The monoisotopic (exact) mass is 236 g/mol. The van der Waals surface area contributed by atoms with Crippen LogP contribution in [0, 0.1) is 13.8 Å². The maximum absolute atomic E-state index is 6.26. The number of aromatic amines is 1. The first-order valence-electron chi connectivity index (χ1n) is 5.50. The van der Waals surface area contributed by atoms with Crippen LogP contribution in [0.2, 0.25) is 5.02 Å². The highest BCUT2D eigenvalue weighted by atomic mass is 35.5. The fraction of sp³-hybridized carbons (Fsp3) is 0.385. The molecule has 3 heteroatoms. The van der Waals surface area contributed by atoms with Crippen LogP contribution in [-0.2, 0) is 0 Å². The van der Waals surface area contributed by atoms with E-state index in [9.17, 15) is 0 Å². The molecule has 2 aromatic rings. The average molecular weight is 237 g/mol. The van der Waals surface area contributed by atoms with E-state index in [-0.39, 0.29) is 0 Å². The molecule has 0 aliphatic heterocycles. The van der Waals surface area contributed by atoms with Crippen molar-refractivity contribution < 1.29 is 0 Å². The van der Waals surface area contributed by atoms with Gasteiger partial charge < -0.3 is 10.3 Å². The van der Waals surface area contributed by atoms with Gasteiger partial charge in [-0.05, 0) is 45.0 Å². The molecule has 1 heterocycles. The SMILES string of the molecule is CNC(C)c1[nH]c2c(C)ccc(Cl)c2c1C. The molecule has 0 fully saturated rings. The smallest absolute Gasteiger partial charge is 0.0504 e. The molecular formula is C13H17ClN2. The Morgan fingerprint density at radius 2 is 2.00 bits per heavy atom. The molecule has 0 bridgehead atoms. The Morgan fingerprint density at radius 1 is 1.31 bits per heavy atom. The molecule has 86 valence electrons. The van der Waals surface area contributed by atoms with Crippen LogP contribution >= 0.6 is 11.6 Å². The summed E-state index contributed by atoms with van der Waals surface area (Å²) in [7, 11) is 1.96. The van der Waals surface area contributed by atoms with Gasteiger partial charge in [0.1, 0.15) is 0 Å². The molecule has 0 radical (unpaired) electrons. The van der Waals surface area contributed by atoms with Gasteiger partial charge in [-0.15, -0.1) is 0 Å². The minimum Gasteiger partial charge on any atom is -0.357 e. The van der Waals surface area contributed by atoms with E-state index >= 15 is 0 Å². The third-order valence-corrected chi connectivity index (χ3v) is 3.58. The minimum atomic E-state index is 0.308. The van der Waals surface area contributed by atoms with Crippen LogP contribution in [-0.4, -0.2) is 12.0 Å².